The number of rotatable bonds is 7. The average molecular weight is 334 g/mol. The van der Waals surface area contributed by atoms with E-state index in [4.69, 9.17) is 4.74 Å². The van der Waals surface area contributed by atoms with Gasteiger partial charge in [0.05, 0.1) is 6.54 Å². The second-order valence-electron chi connectivity index (χ2n) is 6.44. The Balaban J connectivity index is 1.65. The number of aryl methyl sites for hydroxylation is 1. The van der Waals surface area contributed by atoms with Crippen LogP contribution in [-0.4, -0.2) is 48.1 Å². The molecule has 0 radical (unpaired) electrons. The summed E-state index contributed by atoms with van der Waals surface area (Å²) in [5.41, 5.74) is 1.22. The van der Waals surface area contributed by atoms with Gasteiger partial charge in [-0.05, 0) is 44.2 Å². The number of ether oxygens (including phenoxy) is 1. The number of aliphatic imine (C=N–C) groups is 1. The van der Waals surface area contributed by atoms with Crippen LogP contribution in [0.4, 0.5) is 0 Å². The molecule has 134 valence electrons. The van der Waals surface area contributed by atoms with E-state index in [-0.39, 0.29) is 12.1 Å². The lowest BCUT2D eigenvalue weighted by Gasteiger charge is -2.22. The maximum atomic E-state index is 11.8. The van der Waals surface area contributed by atoms with E-state index in [1.54, 1.807) is 7.05 Å². The van der Waals surface area contributed by atoms with Crippen molar-refractivity contribution in [3.05, 3.63) is 24.0 Å². The third-order valence-corrected chi connectivity index (χ3v) is 4.46. The molecule has 1 fully saturated rings. The number of carbonyl (C=O) groups is 1. The van der Waals surface area contributed by atoms with Gasteiger partial charge in [-0.2, -0.15) is 0 Å². The highest BCUT2D eigenvalue weighted by Gasteiger charge is 2.18. The van der Waals surface area contributed by atoms with Crippen molar-refractivity contribution in [3.8, 4) is 0 Å². The first-order valence-electron chi connectivity index (χ1n) is 8.81. The zero-order valence-electron chi connectivity index (χ0n) is 15.1. The molecule has 0 unspecified atom stereocenters. The fourth-order valence-corrected chi connectivity index (χ4v) is 3.05. The summed E-state index contributed by atoms with van der Waals surface area (Å²) in [7, 11) is 5.82. The van der Waals surface area contributed by atoms with Gasteiger partial charge in [0.2, 0.25) is 0 Å². The van der Waals surface area contributed by atoms with Crippen LogP contribution in [0.25, 0.3) is 0 Å². The minimum atomic E-state index is -0.0733. The molecule has 0 amide bonds. The molecular weight excluding hydrogens is 304 g/mol. The van der Waals surface area contributed by atoms with Gasteiger partial charge >= 0.3 is 5.97 Å². The quantitative estimate of drug-likeness (QED) is 0.360. The molecule has 1 aliphatic carbocycles. The van der Waals surface area contributed by atoms with Gasteiger partial charge in [0.1, 0.15) is 6.10 Å². The van der Waals surface area contributed by atoms with Gasteiger partial charge in [-0.1, -0.05) is 0 Å². The van der Waals surface area contributed by atoms with Crippen molar-refractivity contribution in [1.29, 1.82) is 0 Å². The molecule has 1 aromatic heterocycles. The number of guanidine groups is 1. The monoisotopic (exact) mass is 334 g/mol. The van der Waals surface area contributed by atoms with Crippen LogP contribution < -0.4 is 5.32 Å². The lowest BCUT2D eigenvalue weighted by atomic mass is 10.3. The summed E-state index contributed by atoms with van der Waals surface area (Å²) in [6.45, 7) is 1.50. The summed E-state index contributed by atoms with van der Waals surface area (Å²) in [6.07, 6.45) is 7.84. The van der Waals surface area contributed by atoms with Crippen molar-refractivity contribution in [3.63, 3.8) is 0 Å². The molecule has 0 saturated heterocycles. The van der Waals surface area contributed by atoms with Crippen molar-refractivity contribution in [2.75, 3.05) is 20.6 Å². The van der Waals surface area contributed by atoms with Crippen LogP contribution >= 0.6 is 0 Å². The molecular formula is C18H30N4O2. The van der Waals surface area contributed by atoms with Crippen LogP contribution in [0.5, 0.6) is 0 Å². The molecule has 0 spiro atoms. The largest absolute Gasteiger partial charge is 0.462 e. The minimum absolute atomic E-state index is 0.0733. The zero-order chi connectivity index (χ0) is 17.4. The summed E-state index contributed by atoms with van der Waals surface area (Å²) < 4.78 is 7.57. The maximum Gasteiger partial charge on any atom is 0.306 e. The fourth-order valence-electron chi connectivity index (χ4n) is 3.05. The molecule has 1 saturated carbocycles. The molecule has 2 rings (SSSR count). The van der Waals surface area contributed by atoms with Gasteiger partial charge in [0.25, 0.3) is 0 Å². The number of esters is 1. The first-order valence-corrected chi connectivity index (χ1v) is 8.81. The standard InChI is InChI=1S/C18H30N4O2/c1-19-18(22(3)14-15-8-7-13-21(15)2)20-12-6-11-17(23)24-16-9-4-5-10-16/h7-8,13,16H,4-6,9-12,14H2,1-3H3,(H,19,20). The highest BCUT2D eigenvalue weighted by atomic mass is 16.5. The van der Waals surface area contributed by atoms with Gasteiger partial charge in [-0.25, -0.2) is 0 Å². The van der Waals surface area contributed by atoms with E-state index in [2.05, 4.69) is 25.8 Å². The highest BCUT2D eigenvalue weighted by Crippen LogP contribution is 2.21. The molecule has 6 heteroatoms. The predicted molar refractivity (Wildman–Crippen MR) is 95.8 cm³/mol. The Labute approximate surface area is 144 Å². The Morgan fingerprint density at radius 1 is 1.46 bits per heavy atom. The average Bonchev–Trinajstić information content (AvgIpc) is 3.20. The van der Waals surface area contributed by atoms with Crippen molar-refractivity contribution in [2.24, 2.45) is 12.0 Å². The van der Waals surface area contributed by atoms with Crippen LogP contribution in [0.3, 0.4) is 0 Å². The summed E-state index contributed by atoms with van der Waals surface area (Å²) in [5, 5.41) is 3.31. The molecule has 1 N–H and O–H groups in total. The second-order valence-corrected chi connectivity index (χ2v) is 6.44. The summed E-state index contributed by atoms with van der Waals surface area (Å²) in [4.78, 5) is 18.2. The highest BCUT2D eigenvalue weighted by molar-refractivity contribution is 5.79. The van der Waals surface area contributed by atoms with Crippen LogP contribution in [0.15, 0.2) is 23.3 Å². The Bertz CT molecular complexity index is 547. The molecule has 0 aliphatic heterocycles. The third kappa shape index (κ3) is 5.58. The number of carbonyl (C=O) groups excluding carboxylic acids is 1. The second kappa shape index (κ2) is 9.35. The molecule has 0 atom stereocenters. The van der Waals surface area contributed by atoms with E-state index in [9.17, 15) is 4.79 Å². The number of nitrogens with zero attached hydrogens (tertiary/aromatic N) is 3. The molecule has 6 nitrogen and oxygen atoms in total. The topological polar surface area (TPSA) is 58.9 Å². The van der Waals surface area contributed by atoms with Crippen molar-refractivity contribution in [1.82, 2.24) is 14.8 Å². The Morgan fingerprint density at radius 3 is 2.83 bits per heavy atom. The van der Waals surface area contributed by atoms with Gasteiger partial charge < -0.3 is 19.5 Å². The Morgan fingerprint density at radius 2 is 2.21 bits per heavy atom. The molecule has 1 aromatic rings. The van der Waals surface area contributed by atoms with Gasteiger partial charge in [0, 0.05) is 46.0 Å². The summed E-state index contributed by atoms with van der Waals surface area (Å²) >= 11 is 0. The Hall–Kier alpha value is -1.98. The van der Waals surface area contributed by atoms with E-state index in [1.165, 1.54) is 18.5 Å². The van der Waals surface area contributed by atoms with Gasteiger partial charge in [0.15, 0.2) is 5.96 Å². The van der Waals surface area contributed by atoms with Crippen LogP contribution in [-0.2, 0) is 23.1 Å². The first kappa shape index (κ1) is 18.4. The fraction of sp³-hybridized carbons (Fsp3) is 0.667. The summed E-state index contributed by atoms with van der Waals surface area (Å²) in [5.74, 6) is 0.760. The lowest BCUT2D eigenvalue weighted by molar-refractivity contribution is -0.148. The molecule has 0 bridgehead atoms. The molecule has 0 aromatic carbocycles. The molecule has 24 heavy (non-hydrogen) atoms. The minimum Gasteiger partial charge on any atom is -0.462 e. The number of hydrogen-bond acceptors (Lipinski definition) is 3. The predicted octanol–water partition coefficient (Wildman–Crippen LogP) is 2.30. The SMILES string of the molecule is CN=C(NCCCC(=O)OC1CCCC1)N(C)Cc1cccn1C. The molecule has 1 aliphatic rings. The first-order chi connectivity index (χ1) is 11.6. The van der Waals surface area contributed by atoms with Gasteiger partial charge in [-0.15, -0.1) is 0 Å². The summed E-state index contributed by atoms with van der Waals surface area (Å²) in [6, 6.07) is 4.14. The van der Waals surface area contributed by atoms with E-state index < -0.39 is 0 Å². The number of nitrogens with one attached hydrogen (secondary N) is 1. The van der Waals surface area contributed by atoms with E-state index in [1.807, 2.05) is 26.4 Å². The maximum absolute atomic E-state index is 11.8. The van der Waals surface area contributed by atoms with E-state index in [0.29, 0.717) is 13.0 Å². The van der Waals surface area contributed by atoms with Crippen molar-refractivity contribution in [2.45, 2.75) is 51.2 Å². The lowest BCUT2D eigenvalue weighted by Crippen LogP contribution is -2.39. The Kier molecular flexibility index (Phi) is 7.15. The van der Waals surface area contributed by atoms with Crippen LogP contribution in [0, 0.1) is 0 Å². The third-order valence-electron chi connectivity index (χ3n) is 4.46. The number of aromatic nitrogens is 1. The number of hydrogen-bond donors (Lipinski definition) is 1. The van der Waals surface area contributed by atoms with Crippen molar-refractivity contribution < 1.29 is 9.53 Å². The van der Waals surface area contributed by atoms with E-state index >= 15 is 0 Å². The van der Waals surface area contributed by atoms with Crippen LogP contribution in [0.2, 0.25) is 0 Å². The van der Waals surface area contributed by atoms with Crippen LogP contribution in [0.1, 0.15) is 44.2 Å². The smallest absolute Gasteiger partial charge is 0.306 e. The molecule has 1 heterocycles. The van der Waals surface area contributed by atoms with E-state index in [0.717, 1.165) is 31.8 Å². The normalized spacial score (nSPS) is 15.5. The zero-order valence-corrected chi connectivity index (χ0v) is 15.1. The van der Waals surface area contributed by atoms with Gasteiger partial charge in [-0.3, -0.25) is 9.79 Å². The van der Waals surface area contributed by atoms with Crippen molar-refractivity contribution >= 4 is 11.9 Å².